The summed E-state index contributed by atoms with van der Waals surface area (Å²) in [6.07, 6.45) is 10.4. The van der Waals surface area contributed by atoms with Gasteiger partial charge in [-0.25, -0.2) is 0 Å². The first-order valence-corrected chi connectivity index (χ1v) is 10.3. The van der Waals surface area contributed by atoms with Crippen LogP contribution in [0.2, 0.25) is 0 Å². The van der Waals surface area contributed by atoms with Crippen molar-refractivity contribution < 1.29 is 0 Å². The number of benzene rings is 1. The second-order valence-electron chi connectivity index (χ2n) is 5.61. The Hall–Kier alpha value is -2.08. The molecular weight excluding hydrogens is 324 g/mol. The summed E-state index contributed by atoms with van der Waals surface area (Å²) < 4.78 is 0. The molecule has 0 aliphatic heterocycles. The molecule has 152 valence electrons. The van der Waals surface area contributed by atoms with Crippen LogP contribution in [-0.2, 0) is 0 Å². The van der Waals surface area contributed by atoms with Crippen LogP contribution in [0.4, 0.5) is 0 Å². The van der Waals surface area contributed by atoms with Gasteiger partial charge in [0.1, 0.15) is 0 Å². The maximum absolute atomic E-state index is 4.17. The lowest BCUT2D eigenvalue weighted by atomic mass is 9.94. The first kappa shape index (κ1) is 29.7. The third-order valence-corrected chi connectivity index (χ3v) is 3.45. The summed E-state index contributed by atoms with van der Waals surface area (Å²) in [4.78, 5) is 0. The number of hydrogen-bond acceptors (Lipinski definition) is 0. The second-order valence-corrected chi connectivity index (χ2v) is 5.61. The molecule has 0 aliphatic rings. The maximum Gasteiger partial charge on any atom is -0.0155 e. The number of allylic oxidation sites excluding steroid dienone is 6. The minimum absolute atomic E-state index is 1.02. The zero-order chi connectivity index (χ0) is 22.0. The van der Waals surface area contributed by atoms with Gasteiger partial charge in [0, 0.05) is 0 Å². The highest BCUT2D eigenvalue weighted by Crippen LogP contribution is 2.25. The standard InChI is InChI=1S/C21H26.3C2H6/c1-8-16(5)10-11-17(6)20-13-18(7)21(12-15(3)4)19(9-2)14-20;3*1-2/h8-14H,2,6H2,1,3-5,7H3;3*1-2H3/b11-10-,16-8-;;;. The van der Waals surface area contributed by atoms with Crippen molar-refractivity contribution in [3.05, 3.63) is 76.9 Å². The molecule has 1 rings (SSSR count). The van der Waals surface area contributed by atoms with E-state index in [0.29, 0.717) is 0 Å². The summed E-state index contributed by atoms with van der Waals surface area (Å²) >= 11 is 0. The lowest BCUT2D eigenvalue weighted by Gasteiger charge is -2.11. The van der Waals surface area contributed by atoms with E-state index in [2.05, 4.69) is 77.3 Å². The zero-order valence-corrected chi connectivity index (χ0v) is 20.0. The Labute approximate surface area is 171 Å². The van der Waals surface area contributed by atoms with E-state index in [1.807, 2.05) is 54.5 Å². The van der Waals surface area contributed by atoms with Crippen LogP contribution in [0.5, 0.6) is 0 Å². The second kappa shape index (κ2) is 18.7. The highest BCUT2D eigenvalue weighted by molar-refractivity contribution is 5.78. The summed E-state index contributed by atoms with van der Waals surface area (Å²) in [5.41, 5.74) is 8.34. The van der Waals surface area contributed by atoms with E-state index in [0.717, 1.165) is 16.7 Å². The van der Waals surface area contributed by atoms with Crippen molar-refractivity contribution in [3.63, 3.8) is 0 Å². The van der Waals surface area contributed by atoms with E-state index in [-0.39, 0.29) is 0 Å². The Morgan fingerprint density at radius 2 is 1.41 bits per heavy atom. The molecule has 0 fully saturated rings. The van der Waals surface area contributed by atoms with Gasteiger partial charge in [-0.3, -0.25) is 0 Å². The molecule has 0 bridgehead atoms. The Kier molecular flexibility index (Phi) is 20.6. The fourth-order valence-electron chi connectivity index (χ4n) is 2.09. The van der Waals surface area contributed by atoms with Crippen LogP contribution in [-0.4, -0.2) is 0 Å². The number of rotatable bonds is 5. The van der Waals surface area contributed by atoms with Gasteiger partial charge < -0.3 is 0 Å². The van der Waals surface area contributed by atoms with E-state index >= 15 is 0 Å². The van der Waals surface area contributed by atoms with Crippen molar-refractivity contribution in [2.45, 2.75) is 76.2 Å². The topological polar surface area (TPSA) is 0 Å². The highest BCUT2D eigenvalue weighted by atomic mass is 14.1. The van der Waals surface area contributed by atoms with E-state index < -0.39 is 0 Å². The third kappa shape index (κ3) is 12.0. The molecular formula is C27H44. The van der Waals surface area contributed by atoms with E-state index in [1.165, 1.54) is 22.3 Å². The molecule has 0 N–H and O–H groups in total. The lowest BCUT2D eigenvalue weighted by molar-refractivity contribution is 1.37. The largest absolute Gasteiger partial charge is 0.0984 e. The fraction of sp³-hybridized carbons (Fsp3) is 0.407. The van der Waals surface area contributed by atoms with E-state index in [1.54, 1.807) is 0 Å². The molecule has 0 radical (unpaired) electrons. The third-order valence-electron chi connectivity index (χ3n) is 3.45. The normalized spacial score (nSPS) is 9.67. The smallest absolute Gasteiger partial charge is 0.0155 e. The Morgan fingerprint density at radius 3 is 1.81 bits per heavy atom. The summed E-state index contributed by atoms with van der Waals surface area (Å²) in [6, 6.07) is 4.35. The van der Waals surface area contributed by atoms with Gasteiger partial charge >= 0.3 is 0 Å². The molecule has 0 saturated heterocycles. The van der Waals surface area contributed by atoms with Crippen molar-refractivity contribution in [2.24, 2.45) is 0 Å². The predicted molar refractivity (Wildman–Crippen MR) is 132 cm³/mol. The molecule has 1 aromatic carbocycles. The molecule has 0 nitrogen and oxygen atoms in total. The molecule has 0 atom stereocenters. The molecule has 0 spiro atoms. The summed E-state index contributed by atoms with van der Waals surface area (Å²) in [7, 11) is 0. The molecule has 0 heteroatoms. The average molecular weight is 369 g/mol. The molecule has 27 heavy (non-hydrogen) atoms. The molecule has 0 heterocycles. The van der Waals surface area contributed by atoms with Crippen LogP contribution in [0.3, 0.4) is 0 Å². The first-order valence-electron chi connectivity index (χ1n) is 10.3. The quantitative estimate of drug-likeness (QED) is 0.454. The Bertz CT molecular complexity index is 630. The number of aryl methyl sites for hydroxylation is 1. The van der Waals surface area contributed by atoms with Crippen molar-refractivity contribution >= 4 is 17.7 Å². The van der Waals surface area contributed by atoms with Gasteiger partial charge in [-0.05, 0) is 68.5 Å². The van der Waals surface area contributed by atoms with Crippen molar-refractivity contribution in [3.8, 4) is 0 Å². The molecule has 0 amide bonds. The van der Waals surface area contributed by atoms with Gasteiger partial charge in [0.25, 0.3) is 0 Å². The average Bonchev–Trinajstić information content (AvgIpc) is 2.71. The van der Waals surface area contributed by atoms with Crippen LogP contribution in [0, 0.1) is 6.92 Å². The molecule has 0 aliphatic carbocycles. The molecule has 0 saturated carbocycles. The summed E-state index contributed by atoms with van der Waals surface area (Å²) in [5, 5.41) is 0. The Morgan fingerprint density at radius 1 is 0.889 bits per heavy atom. The Balaban J connectivity index is -0.000000869. The summed E-state index contributed by atoms with van der Waals surface area (Å²) in [5.74, 6) is 0. The van der Waals surface area contributed by atoms with Gasteiger partial charge in [-0.1, -0.05) is 102 Å². The predicted octanol–water partition coefficient (Wildman–Crippen LogP) is 9.68. The van der Waals surface area contributed by atoms with Crippen LogP contribution in [0.1, 0.15) is 91.5 Å². The lowest BCUT2D eigenvalue weighted by Crippen LogP contribution is -1.91. The summed E-state index contributed by atoms with van der Waals surface area (Å²) in [6.45, 7) is 30.6. The number of hydrogen-bond donors (Lipinski definition) is 0. The first-order chi connectivity index (χ1) is 12.9. The van der Waals surface area contributed by atoms with Gasteiger partial charge in [0.05, 0.1) is 0 Å². The molecule has 1 aromatic rings. The molecule has 0 aromatic heterocycles. The minimum Gasteiger partial charge on any atom is -0.0984 e. The monoisotopic (exact) mass is 368 g/mol. The molecule has 0 unspecified atom stereocenters. The van der Waals surface area contributed by atoms with Crippen molar-refractivity contribution in [2.75, 3.05) is 0 Å². The van der Waals surface area contributed by atoms with Crippen LogP contribution >= 0.6 is 0 Å². The maximum atomic E-state index is 4.17. The highest BCUT2D eigenvalue weighted by Gasteiger charge is 2.05. The fourth-order valence-corrected chi connectivity index (χ4v) is 2.09. The van der Waals surface area contributed by atoms with Gasteiger partial charge in [0.2, 0.25) is 0 Å². The van der Waals surface area contributed by atoms with Crippen molar-refractivity contribution in [1.82, 2.24) is 0 Å². The van der Waals surface area contributed by atoms with Crippen LogP contribution < -0.4 is 0 Å². The van der Waals surface area contributed by atoms with Gasteiger partial charge in [-0.15, -0.1) is 0 Å². The van der Waals surface area contributed by atoms with Gasteiger partial charge in [-0.2, -0.15) is 0 Å². The SMILES string of the molecule is C=Cc1cc(C(=C)/C=C\C(C)=C/C)cc(C)c1C=C(C)C.CC.CC.CC. The van der Waals surface area contributed by atoms with E-state index in [9.17, 15) is 0 Å². The van der Waals surface area contributed by atoms with Gasteiger partial charge in [0.15, 0.2) is 0 Å². The zero-order valence-electron chi connectivity index (χ0n) is 20.0. The van der Waals surface area contributed by atoms with E-state index in [4.69, 9.17) is 0 Å². The van der Waals surface area contributed by atoms with Crippen molar-refractivity contribution in [1.29, 1.82) is 0 Å². The van der Waals surface area contributed by atoms with Crippen LogP contribution in [0.15, 0.2) is 54.7 Å². The minimum atomic E-state index is 1.02. The van der Waals surface area contributed by atoms with Crippen LogP contribution in [0.25, 0.3) is 17.7 Å².